The smallest absolute Gasteiger partial charge is 0.191 e. The number of nitrogens with zero attached hydrogens (tertiary/aromatic N) is 3. The number of hydrogen-bond donors (Lipinski definition) is 2. The minimum atomic E-state index is -0.293. The fourth-order valence-corrected chi connectivity index (χ4v) is 2.44. The van der Waals surface area contributed by atoms with E-state index < -0.39 is 0 Å². The van der Waals surface area contributed by atoms with E-state index in [0.29, 0.717) is 24.7 Å². The topological polar surface area (TPSA) is 67.4 Å². The Morgan fingerprint density at radius 3 is 2.92 bits per heavy atom. The monoisotopic (exact) mass is 341 g/mol. The van der Waals surface area contributed by atoms with Gasteiger partial charge in [-0.2, -0.15) is 0 Å². The van der Waals surface area contributed by atoms with E-state index in [2.05, 4.69) is 20.6 Å². The number of imidazole rings is 1. The number of benzene rings is 1. The average molecular weight is 341 g/mol. The molecule has 2 N–H and O–H groups in total. The molecule has 0 amide bonds. The Kier molecular flexibility index (Phi) is 5.46. The molecule has 0 fully saturated rings. The van der Waals surface area contributed by atoms with Crippen LogP contribution in [0.3, 0.4) is 0 Å². The lowest BCUT2D eigenvalue weighted by Gasteiger charge is -2.12. The zero-order valence-corrected chi connectivity index (χ0v) is 13.9. The van der Waals surface area contributed by atoms with Crippen molar-refractivity contribution >= 4 is 5.96 Å². The summed E-state index contributed by atoms with van der Waals surface area (Å²) in [6.45, 7) is 1.17. The fraction of sp³-hybridized carbons (Fsp3) is 0.222. The van der Waals surface area contributed by atoms with Gasteiger partial charge in [-0.1, -0.05) is 6.07 Å². The lowest BCUT2D eigenvalue weighted by atomic mass is 10.2. The summed E-state index contributed by atoms with van der Waals surface area (Å²) in [5.74, 6) is 1.28. The summed E-state index contributed by atoms with van der Waals surface area (Å²) in [5, 5.41) is 6.37. The van der Waals surface area contributed by atoms with Crippen LogP contribution in [-0.4, -0.2) is 29.1 Å². The van der Waals surface area contributed by atoms with Gasteiger partial charge in [0.2, 0.25) is 0 Å². The zero-order chi connectivity index (χ0) is 17.5. The third-order valence-corrected chi connectivity index (χ3v) is 3.72. The molecule has 25 heavy (non-hydrogen) atoms. The summed E-state index contributed by atoms with van der Waals surface area (Å²) in [4.78, 5) is 8.09. The molecule has 0 spiro atoms. The Bertz CT molecular complexity index is 812. The first kappa shape index (κ1) is 16.8. The van der Waals surface area contributed by atoms with Crippen LogP contribution < -0.4 is 10.6 Å². The lowest BCUT2D eigenvalue weighted by Crippen LogP contribution is -2.37. The quantitative estimate of drug-likeness (QED) is 0.534. The molecule has 1 aromatic carbocycles. The fourth-order valence-electron chi connectivity index (χ4n) is 2.44. The van der Waals surface area contributed by atoms with Crippen molar-refractivity contribution in [2.24, 2.45) is 4.99 Å². The normalized spacial score (nSPS) is 11.5. The van der Waals surface area contributed by atoms with Crippen molar-refractivity contribution in [1.29, 1.82) is 0 Å². The predicted octanol–water partition coefficient (Wildman–Crippen LogP) is 2.51. The largest absolute Gasteiger partial charge is 0.469 e. The van der Waals surface area contributed by atoms with E-state index in [1.165, 1.54) is 6.07 Å². The predicted molar refractivity (Wildman–Crippen MR) is 94.1 cm³/mol. The number of hydrogen-bond acceptors (Lipinski definition) is 3. The van der Waals surface area contributed by atoms with Crippen LogP contribution in [0, 0.1) is 5.82 Å². The second kappa shape index (κ2) is 8.14. The van der Waals surface area contributed by atoms with Crippen LogP contribution in [-0.2, 0) is 13.0 Å². The molecule has 2 heterocycles. The summed E-state index contributed by atoms with van der Waals surface area (Å²) >= 11 is 0. The molecule has 0 aliphatic heterocycles. The van der Waals surface area contributed by atoms with Crippen LogP contribution in [0.5, 0.6) is 0 Å². The minimum absolute atomic E-state index is 0.293. The van der Waals surface area contributed by atoms with Crippen molar-refractivity contribution in [3.05, 3.63) is 72.5 Å². The second-order valence-electron chi connectivity index (χ2n) is 5.44. The van der Waals surface area contributed by atoms with E-state index in [1.54, 1.807) is 42.7 Å². The van der Waals surface area contributed by atoms with E-state index in [1.807, 2.05) is 18.2 Å². The number of aromatic nitrogens is 2. The van der Waals surface area contributed by atoms with E-state index in [0.717, 1.165) is 17.7 Å². The van der Waals surface area contributed by atoms with Crippen LogP contribution in [0.1, 0.15) is 11.3 Å². The molecule has 3 rings (SSSR count). The van der Waals surface area contributed by atoms with Gasteiger partial charge in [-0.25, -0.2) is 9.37 Å². The van der Waals surface area contributed by atoms with Crippen molar-refractivity contribution in [3.8, 4) is 5.69 Å². The molecule has 7 heteroatoms. The van der Waals surface area contributed by atoms with Gasteiger partial charge in [-0.05, 0) is 29.8 Å². The second-order valence-corrected chi connectivity index (χ2v) is 5.44. The van der Waals surface area contributed by atoms with E-state index in [-0.39, 0.29) is 5.82 Å². The summed E-state index contributed by atoms with van der Waals surface area (Å²) in [6.07, 6.45) is 7.32. The highest BCUT2D eigenvalue weighted by molar-refractivity contribution is 5.79. The summed E-state index contributed by atoms with van der Waals surface area (Å²) in [7, 11) is 1.70. The molecule has 3 aromatic rings. The Morgan fingerprint density at radius 1 is 1.32 bits per heavy atom. The van der Waals surface area contributed by atoms with Crippen LogP contribution in [0.25, 0.3) is 5.69 Å². The maximum absolute atomic E-state index is 14.2. The molecule has 0 saturated heterocycles. The molecule has 0 radical (unpaired) electrons. The minimum Gasteiger partial charge on any atom is -0.469 e. The van der Waals surface area contributed by atoms with Gasteiger partial charge in [0.05, 0.1) is 18.3 Å². The van der Waals surface area contributed by atoms with Crippen molar-refractivity contribution < 1.29 is 8.81 Å². The van der Waals surface area contributed by atoms with Crippen molar-refractivity contribution in [2.45, 2.75) is 13.0 Å². The molecule has 0 unspecified atom stereocenters. The maximum Gasteiger partial charge on any atom is 0.191 e. The zero-order valence-electron chi connectivity index (χ0n) is 13.9. The van der Waals surface area contributed by atoms with E-state index in [4.69, 9.17) is 4.42 Å². The van der Waals surface area contributed by atoms with Gasteiger partial charge in [-0.15, -0.1) is 0 Å². The number of rotatable bonds is 6. The first-order chi connectivity index (χ1) is 12.3. The van der Waals surface area contributed by atoms with Gasteiger partial charge in [0.25, 0.3) is 0 Å². The van der Waals surface area contributed by atoms with Gasteiger partial charge in [-0.3, -0.25) is 4.99 Å². The van der Waals surface area contributed by atoms with Gasteiger partial charge in [0.15, 0.2) is 5.96 Å². The van der Waals surface area contributed by atoms with Gasteiger partial charge in [0, 0.05) is 39.0 Å². The Hall–Kier alpha value is -3.09. The Balaban J connectivity index is 1.52. The molecule has 0 aliphatic carbocycles. The van der Waals surface area contributed by atoms with Crippen LogP contribution >= 0.6 is 0 Å². The van der Waals surface area contributed by atoms with E-state index >= 15 is 0 Å². The number of nitrogens with one attached hydrogen (secondary N) is 2. The molecular formula is C18H20FN5O. The Labute approximate surface area is 145 Å². The third-order valence-electron chi connectivity index (χ3n) is 3.72. The van der Waals surface area contributed by atoms with Crippen LogP contribution in [0.15, 0.2) is 64.7 Å². The highest BCUT2D eigenvalue weighted by Crippen LogP contribution is 2.14. The van der Waals surface area contributed by atoms with Crippen LogP contribution in [0.4, 0.5) is 4.39 Å². The molecule has 0 saturated carbocycles. The molecule has 0 bridgehead atoms. The number of guanidine groups is 1. The highest BCUT2D eigenvalue weighted by Gasteiger charge is 2.06. The highest BCUT2D eigenvalue weighted by atomic mass is 19.1. The molecule has 0 aliphatic rings. The molecular weight excluding hydrogens is 321 g/mol. The standard InChI is InChI=1S/C18H20FN5O/c1-20-18(22-7-6-15-3-2-10-25-15)23-12-14-4-5-17(16(19)11-14)24-9-8-21-13-24/h2-5,8-11,13H,6-7,12H2,1H3,(H2,20,22,23). The Morgan fingerprint density at radius 2 is 2.24 bits per heavy atom. The average Bonchev–Trinajstić information content (AvgIpc) is 3.31. The third kappa shape index (κ3) is 4.47. The van der Waals surface area contributed by atoms with Crippen molar-refractivity contribution in [3.63, 3.8) is 0 Å². The maximum atomic E-state index is 14.2. The first-order valence-corrected chi connectivity index (χ1v) is 8.00. The lowest BCUT2D eigenvalue weighted by molar-refractivity contribution is 0.507. The number of aliphatic imine (C=N–C) groups is 1. The van der Waals surface area contributed by atoms with Crippen LogP contribution in [0.2, 0.25) is 0 Å². The first-order valence-electron chi connectivity index (χ1n) is 8.00. The SMILES string of the molecule is CN=C(NCCc1ccco1)NCc1ccc(-n2ccnc2)c(F)c1. The van der Waals surface area contributed by atoms with Crippen molar-refractivity contribution in [2.75, 3.05) is 13.6 Å². The van der Waals surface area contributed by atoms with Gasteiger partial charge >= 0.3 is 0 Å². The summed E-state index contributed by atoms with van der Waals surface area (Å²) < 4.78 is 21.2. The van der Waals surface area contributed by atoms with Gasteiger partial charge in [0.1, 0.15) is 11.6 Å². The number of halogens is 1. The van der Waals surface area contributed by atoms with Gasteiger partial charge < -0.3 is 19.6 Å². The van der Waals surface area contributed by atoms with Crippen molar-refractivity contribution in [1.82, 2.24) is 20.2 Å². The van der Waals surface area contributed by atoms with E-state index in [9.17, 15) is 4.39 Å². The number of furan rings is 1. The summed E-state index contributed by atoms with van der Waals surface area (Å²) in [5.41, 5.74) is 1.30. The molecule has 6 nitrogen and oxygen atoms in total. The molecule has 0 atom stereocenters. The molecule has 2 aromatic heterocycles. The molecule has 130 valence electrons. The summed E-state index contributed by atoms with van der Waals surface area (Å²) in [6, 6.07) is 8.92.